The Kier molecular flexibility index (Phi) is 4.62. The topological polar surface area (TPSA) is 61.5 Å². The van der Waals surface area contributed by atoms with Gasteiger partial charge in [-0.15, -0.1) is 0 Å². The van der Waals surface area contributed by atoms with Gasteiger partial charge in [0.05, 0.1) is 12.8 Å². The molecule has 0 bridgehead atoms. The molecule has 0 spiro atoms. The van der Waals surface area contributed by atoms with Crippen LogP contribution in [0.25, 0.3) is 11.3 Å². The maximum atomic E-state index is 12.6. The molecule has 1 saturated heterocycles. The Hall–Kier alpha value is -2.34. The second-order valence-corrected chi connectivity index (χ2v) is 5.62. The Bertz CT molecular complexity index is 657. The summed E-state index contributed by atoms with van der Waals surface area (Å²) < 4.78 is 5.15. The average Bonchev–Trinajstić information content (AvgIpc) is 3.11. The van der Waals surface area contributed by atoms with Gasteiger partial charge in [-0.1, -0.05) is 6.92 Å². The standard InChI is InChI=1S/C17H22N4O2/c1-3-20-8-10-21(11-9-20)17(22)16-12-15(18-19-16)13-4-6-14(23-2)7-5-13/h4-7,12H,3,8-11H2,1-2H3,(H,18,19). The van der Waals surface area contributed by atoms with Gasteiger partial charge in [-0.2, -0.15) is 5.10 Å². The van der Waals surface area contributed by atoms with E-state index in [0.29, 0.717) is 5.69 Å². The molecule has 1 aliphatic heterocycles. The molecule has 2 heterocycles. The number of carbonyl (C=O) groups excluding carboxylic acids is 1. The summed E-state index contributed by atoms with van der Waals surface area (Å²) in [7, 11) is 1.64. The van der Waals surface area contributed by atoms with E-state index in [4.69, 9.17) is 4.74 Å². The van der Waals surface area contributed by atoms with Gasteiger partial charge in [0, 0.05) is 31.7 Å². The number of ether oxygens (including phenoxy) is 1. The maximum Gasteiger partial charge on any atom is 0.271 e. The Morgan fingerprint density at radius 1 is 1.22 bits per heavy atom. The predicted octanol–water partition coefficient (Wildman–Crippen LogP) is 1.86. The smallest absolute Gasteiger partial charge is 0.271 e. The number of hydrogen-bond donors (Lipinski definition) is 1. The molecule has 6 heteroatoms. The largest absolute Gasteiger partial charge is 0.497 e. The number of carbonyl (C=O) groups is 1. The van der Waals surface area contributed by atoms with Gasteiger partial charge in [0.2, 0.25) is 0 Å². The highest BCUT2D eigenvalue weighted by atomic mass is 16.5. The minimum Gasteiger partial charge on any atom is -0.497 e. The van der Waals surface area contributed by atoms with E-state index in [2.05, 4.69) is 22.0 Å². The minimum atomic E-state index is 0.0213. The van der Waals surface area contributed by atoms with Gasteiger partial charge in [0.15, 0.2) is 0 Å². The van der Waals surface area contributed by atoms with Crippen LogP contribution in [0.3, 0.4) is 0 Å². The summed E-state index contributed by atoms with van der Waals surface area (Å²) in [5, 5.41) is 7.13. The number of nitrogens with zero attached hydrogens (tertiary/aromatic N) is 3. The molecule has 1 fully saturated rings. The monoisotopic (exact) mass is 314 g/mol. The molecule has 0 atom stereocenters. The number of amides is 1. The quantitative estimate of drug-likeness (QED) is 0.936. The third-order valence-corrected chi connectivity index (χ3v) is 4.30. The van der Waals surface area contributed by atoms with E-state index in [1.165, 1.54) is 0 Å². The van der Waals surface area contributed by atoms with Gasteiger partial charge >= 0.3 is 0 Å². The van der Waals surface area contributed by atoms with Crippen molar-refractivity contribution in [2.75, 3.05) is 39.8 Å². The van der Waals surface area contributed by atoms with Gasteiger partial charge in [-0.3, -0.25) is 9.89 Å². The molecule has 0 saturated carbocycles. The summed E-state index contributed by atoms with van der Waals surface area (Å²) in [5.41, 5.74) is 2.26. The van der Waals surface area contributed by atoms with Gasteiger partial charge < -0.3 is 14.5 Å². The van der Waals surface area contributed by atoms with Crippen molar-refractivity contribution < 1.29 is 9.53 Å². The molecule has 122 valence electrons. The maximum absolute atomic E-state index is 12.6. The zero-order chi connectivity index (χ0) is 16.2. The van der Waals surface area contributed by atoms with Crippen LogP contribution < -0.4 is 4.74 Å². The van der Waals surface area contributed by atoms with Crippen LogP contribution in [-0.2, 0) is 0 Å². The Balaban J connectivity index is 1.69. The number of likely N-dealkylation sites (N-methyl/N-ethyl adjacent to an activating group) is 1. The zero-order valence-electron chi connectivity index (χ0n) is 13.6. The molecule has 1 aliphatic rings. The van der Waals surface area contributed by atoms with E-state index >= 15 is 0 Å². The molecule has 1 amide bonds. The third-order valence-electron chi connectivity index (χ3n) is 4.30. The summed E-state index contributed by atoms with van der Waals surface area (Å²) in [6, 6.07) is 9.45. The molecule has 6 nitrogen and oxygen atoms in total. The van der Waals surface area contributed by atoms with Gasteiger partial charge in [0.25, 0.3) is 5.91 Å². The lowest BCUT2D eigenvalue weighted by molar-refractivity contribution is 0.0637. The van der Waals surface area contributed by atoms with Crippen molar-refractivity contribution in [3.63, 3.8) is 0 Å². The van der Waals surface area contributed by atoms with Crippen LogP contribution in [0, 0.1) is 0 Å². The second-order valence-electron chi connectivity index (χ2n) is 5.62. The number of benzene rings is 1. The Labute approximate surface area is 136 Å². The Morgan fingerprint density at radius 2 is 1.91 bits per heavy atom. The lowest BCUT2D eigenvalue weighted by Crippen LogP contribution is -2.48. The molecule has 1 N–H and O–H groups in total. The number of aromatic nitrogens is 2. The number of rotatable bonds is 4. The van der Waals surface area contributed by atoms with Gasteiger partial charge in [0.1, 0.15) is 11.4 Å². The van der Waals surface area contributed by atoms with E-state index < -0.39 is 0 Å². The first-order valence-electron chi connectivity index (χ1n) is 7.92. The number of aromatic amines is 1. The first-order chi connectivity index (χ1) is 11.2. The number of H-pyrrole nitrogens is 1. The highest BCUT2D eigenvalue weighted by Gasteiger charge is 2.22. The summed E-state index contributed by atoms with van der Waals surface area (Å²) in [4.78, 5) is 16.8. The van der Waals surface area contributed by atoms with Gasteiger partial charge in [-0.05, 0) is 36.9 Å². The van der Waals surface area contributed by atoms with E-state index in [9.17, 15) is 4.79 Å². The molecule has 0 radical (unpaired) electrons. The summed E-state index contributed by atoms with van der Waals surface area (Å²) in [6.45, 7) is 6.58. The SMILES string of the molecule is CCN1CCN(C(=O)c2cc(-c3ccc(OC)cc3)n[nH]2)CC1. The van der Waals surface area contributed by atoms with E-state index in [1.54, 1.807) is 7.11 Å². The van der Waals surface area contributed by atoms with Gasteiger partial charge in [-0.25, -0.2) is 0 Å². The fourth-order valence-electron chi connectivity index (χ4n) is 2.78. The second kappa shape index (κ2) is 6.83. The van der Waals surface area contributed by atoms with E-state index in [1.807, 2.05) is 35.2 Å². The number of nitrogens with one attached hydrogen (secondary N) is 1. The van der Waals surface area contributed by atoms with Crippen LogP contribution in [0.2, 0.25) is 0 Å². The molecular formula is C17H22N4O2. The fraction of sp³-hybridized carbons (Fsp3) is 0.412. The molecule has 0 aliphatic carbocycles. The van der Waals surface area contributed by atoms with Crippen LogP contribution in [0.15, 0.2) is 30.3 Å². The van der Waals surface area contributed by atoms with Crippen molar-refractivity contribution in [1.82, 2.24) is 20.0 Å². The minimum absolute atomic E-state index is 0.0213. The molecule has 1 aromatic carbocycles. The highest BCUT2D eigenvalue weighted by molar-refractivity contribution is 5.93. The third kappa shape index (κ3) is 3.37. The summed E-state index contributed by atoms with van der Waals surface area (Å²) in [5.74, 6) is 0.822. The van der Waals surface area contributed by atoms with E-state index in [-0.39, 0.29) is 5.91 Å². The lowest BCUT2D eigenvalue weighted by Gasteiger charge is -2.33. The number of hydrogen-bond acceptors (Lipinski definition) is 4. The van der Waals surface area contributed by atoms with Crippen molar-refractivity contribution in [2.45, 2.75) is 6.92 Å². The highest BCUT2D eigenvalue weighted by Crippen LogP contribution is 2.21. The molecule has 2 aromatic rings. The van der Waals surface area contributed by atoms with Crippen molar-refractivity contribution in [3.8, 4) is 17.0 Å². The molecule has 1 aromatic heterocycles. The van der Waals surface area contributed by atoms with Crippen LogP contribution in [-0.4, -0.2) is 65.7 Å². The van der Waals surface area contributed by atoms with Crippen LogP contribution in [0.4, 0.5) is 0 Å². The van der Waals surface area contributed by atoms with E-state index in [0.717, 1.165) is 49.7 Å². The first-order valence-corrected chi connectivity index (χ1v) is 7.92. The number of piperazine rings is 1. The van der Waals surface area contributed by atoms with Crippen LogP contribution in [0.5, 0.6) is 5.75 Å². The molecular weight excluding hydrogens is 292 g/mol. The normalized spacial score (nSPS) is 15.7. The van der Waals surface area contributed by atoms with Crippen LogP contribution >= 0.6 is 0 Å². The van der Waals surface area contributed by atoms with Crippen molar-refractivity contribution in [2.24, 2.45) is 0 Å². The molecule has 23 heavy (non-hydrogen) atoms. The molecule has 0 unspecified atom stereocenters. The summed E-state index contributed by atoms with van der Waals surface area (Å²) in [6.07, 6.45) is 0. The molecule has 3 rings (SSSR count). The Morgan fingerprint density at radius 3 is 2.52 bits per heavy atom. The predicted molar refractivity (Wildman–Crippen MR) is 88.6 cm³/mol. The zero-order valence-corrected chi connectivity index (χ0v) is 13.6. The fourth-order valence-corrected chi connectivity index (χ4v) is 2.78. The van der Waals surface area contributed by atoms with Crippen molar-refractivity contribution in [3.05, 3.63) is 36.0 Å². The first kappa shape index (κ1) is 15.6. The lowest BCUT2D eigenvalue weighted by atomic mass is 10.1. The van der Waals surface area contributed by atoms with Crippen molar-refractivity contribution >= 4 is 5.91 Å². The summed E-state index contributed by atoms with van der Waals surface area (Å²) >= 11 is 0. The number of methoxy groups -OCH3 is 1. The van der Waals surface area contributed by atoms with Crippen LogP contribution in [0.1, 0.15) is 17.4 Å². The average molecular weight is 314 g/mol. The van der Waals surface area contributed by atoms with Crippen molar-refractivity contribution in [1.29, 1.82) is 0 Å².